The SMILES string of the molecule is O=C(O)CCCCCN1C(=O)C(=O)C(=C(O)c2ccc(F)cc2)[C@@H]1c1ccccc1. The topological polar surface area (TPSA) is 94.9 Å². The molecule has 1 saturated heterocycles. The van der Waals surface area contributed by atoms with Gasteiger partial charge in [-0.3, -0.25) is 14.4 Å². The van der Waals surface area contributed by atoms with Crippen LogP contribution in [0.1, 0.15) is 42.9 Å². The summed E-state index contributed by atoms with van der Waals surface area (Å²) in [4.78, 5) is 37.6. The van der Waals surface area contributed by atoms with Crippen LogP contribution in [0.25, 0.3) is 5.76 Å². The summed E-state index contributed by atoms with van der Waals surface area (Å²) in [6.07, 6.45) is 1.64. The molecule has 30 heavy (non-hydrogen) atoms. The maximum Gasteiger partial charge on any atom is 0.303 e. The Balaban J connectivity index is 1.94. The smallest absolute Gasteiger partial charge is 0.303 e. The highest BCUT2D eigenvalue weighted by molar-refractivity contribution is 6.46. The number of carbonyl (C=O) groups excluding carboxylic acids is 2. The average molecular weight is 411 g/mol. The van der Waals surface area contributed by atoms with E-state index in [1.807, 2.05) is 6.07 Å². The number of ketones is 1. The summed E-state index contributed by atoms with van der Waals surface area (Å²) in [6, 6.07) is 13.2. The van der Waals surface area contributed by atoms with Crippen LogP contribution >= 0.6 is 0 Å². The van der Waals surface area contributed by atoms with Crippen molar-refractivity contribution in [3.05, 3.63) is 77.1 Å². The number of carbonyl (C=O) groups is 3. The van der Waals surface area contributed by atoms with E-state index in [-0.39, 0.29) is 29.9 Å². The number of likely N-dealkylation sites (tertiary alicyclic amines) is 1. The molecule has 2 aromatic rings. The van der Waals surface area contributed by atoms with E-state index in [0.29, 0.717) is 24.8 Å². The van der Waals surface area contributed by atoms with Gasteiger partial charge in [-0.1, -0.05) is 36.8 Å². The van der Waals surface area contributed by atoms with Gasteiger partial charge in [0.25, 0.3) is 11.7 Å². The van der Waals surface area contributed by atoms with Crippen molar-refractivity contribution in [3.63, 3.8) is 0 Å². The van der Waals surface area contributed by atoms with Gasteiger partial charge in [0.2, 0.25) is 0 Å². The molecule has 0 radical (unpaired) electrons. The van der Waals surface area contributed by atoms with Crippen LogP contribution in [0, 0.1) is 5.82 Å². The molecule has 0 spiro atoms. The first-order chi connectivity index (χ1) is 14.4. The summed E-state index contributed by atoms with van der Waals surface area (Å²) in [7, 11) is 0. The Morgan fingerprint density at radius 3 is 2.23 bits per heavy atom. The van der Waals surface area contributed by atoms with Gasteiger partial charge >= 0.3 is 5.97 Å². The first-order valence-electron chi connectivity index (χ1n) is 9.71. The molecular formula is C23H22FNO5. The van der Waals surface area contributed by atoms with Crippen LogP contribution in [0.5, 0.6) is 0 Å². The van der Waals surface area contributed by atoms with Gasteiger partial charge in [-0.15, -0.1) is 0 Å². The van der Waals surface area contributed by atoms with Crippen LogP contribution < -0.4 is 0 Å². The lowest BCUT2D eigenvalue weighted by atomic mass is 9.95. The second-order valence-corrected chi connectivity index (χ2v) is 7.11. The Hall–Kier alpha value is -3.48. The molecular weight excluding hydrogens is 389 g/mol. The van der Waals surface area contributed by atoms with Gasteiger partial charge in [0.15, 0.2) is 0 Å². The zero-order valence-corrected chi connectivity index (χ0v) is 16.3. The van der Waals surface area contributed by atoms with Crippen molar-refractivity contribution in [1.29, 1.82) is 0 Å². The maximum atomic E-state index is 13.3. The van der Waals surface area contributed by atoms with E-state index in [0.717, 1.165) is 0 Å². The minimum Gasteiger partial charge on any atom is -0.507 e. The molecule has 2 N–H and O–H groups in total. The number of hydrogen-bond acceptors (Lipinski definition) is 4. The summed E-state index contributed by atoms with van der Waals surface area (Å²) in [5, 5.41) is 19.6. The van der Waals surface area contributed by atoms with E-state index in [2.05, 4.69) is 0 Å². The third-order valence-electron chi connectivity index (χ3n) is 5.06. The Bertz CT molecular complexity index is 969. The van der Waals surface area contributed by atoms with Gasteiger partial charge in [-0.2, -0.15) is 0 Å². The van der Waals surface area contributed by atoms with E-state index in [9.17, 15) is 23.9 Å². The number of halogens is 1. The number of hydrogen-bond donors (Lipinski definition) is 2. The molecule has 6 nitrogen and oxygen atoms in total. The average Bonchev–Trinajstić information content (AvgIpc) is 2.99. The van der Waals surface area contributed by atoms with Crippen molar-refractivity contribution in [2.45, 2.75) is 31.7 Å². The van der Waals surface area contributed by atoms with Crippen molar-refractivity contribution < 1.29 is 29.0 Å². The molecule has 1 heterocycles. The van der Waals surface area contributed by atoms with Gasteiger partial charge in [-0.25, -0.2) is 4.39 Å². The fourth-order valence-electron chi connectivity index (χ4n) is 3.59. The molecule has 0 unspecified atom stereocenters. The summed E-state index contributed by atoms with van der Waals surface area (Å²) in [6.45, 7) is 0.254. The summed E-state index contributed by atoms with van der Waals surface area (Å²) < 4.78 is 13.3. The van der Waals surface area contributed by atoms with Gasteiger partial charge in [0.05, 0.1) is 11.6 Å². The molecule has 7 heteroatoms. The number of unbranched alkanes of at least 4 members (excludes halogenated alkanes) is 2. The molecule has 0 aromatic heterocycles. The van der Waals surface area contributed by atoms with Gasteiger partial charge < -0.3 is 15.1 Å². The van der Waals surface area contributed by atoms with E-state index in [4.69, 9.17) is 5.11 Å². The van der Waals surface area contributed by atoms with E-state index in [1.54, 1.807) is 24.3 Å². The van der Waals surface area contributed by atoms with Crippen LogP contribution in [-0.4, -0.2) is 39.3 Å². The number of rotatable bonds is 8. The van der Waals surface area contributed by atoms with Gasteiger partial charge in [0, 0.05) is 18.5 Å². The Morgan fingerprint density at radius 1 is 0.933 bits per heavy atom. The van der Waals surface area contributed by atoms with Gasteiger partial charge in [0.1, 0.15) is 11.6 Å². The monoisotopic (exact) mass is 411 g/mol. The summed E-state index contributed by atoms with van der Waals surface area (Å²) in [5.41, 5.74) is 0.881. The minimum atomic E-state index is -0.876. The molecule has 0 bridgehead atoms. The van der Waals surface area contributed by atoms with Crippen molar-refractivity contribution in [3.8, 4) is 0 Å². The highest BCUT2D eigenvalue weighted by Gasteiger charge is 2.45. The minimum absolute atomic E-state index is 0.0386. The highest BCUT2D eigenvalue weighted by Crippen LogP contribution is 2.39. The number of aliphatic hydroxyl groups excluding tert-OH is 1. The van der Waals surface area contributed by atoms with E-state index >= 15 is 0 Å². The van der Waals surface area contributed by atoms with Crippen LogP contribution in [0.3, 0.4) is 0 Å². The van der Waals surface area contributed by atoms with E-state index in [1.165, 1.54) is 29.2 Å². The molecule has 156 valence electrons. The second kappa shape index (κ2) is 9.35. The first kappa shape index (κ1) is 21.2. The molecule has 1 amide bonds. The highest BCUT2D eigenvalue weighted by atomic mass is 19.1. The summed E-state index contributed by atoms with van der Waals surface area (Å²) in [5.74, 6) is -3.22. The van der Waals surface area contributed by atoms with Crippen molar-refractivity contribution >= 4 is 23.4 Å². The molecule has 1 atom stereocenters. The molecule has 2 aromatic carbocycles. The standard InChI is InChI=1S/C23H22FNO5/c24-17-12-10-16(11-13-17)21(28)19-20(15-7-3-1-4-8-15)25(23(30)22(19)29)14-6-2-5-9-18(26)27/h1,3-4,7-8,10-13,20,28H,2,5-6,9,14H2,(H,26,27)/t20-/m0/s1. The van der Waals surface area contributed by atoms with Crippen molar-refractivity contribution in [2.75, 3.05) is 6.54 Å². The molecule has 1 aliphatic heterocycles. The zero-order chi connectivity index (χ0) is 21.7. The quantitative estimate of drug-likeness (QED) is 0.297. The normalized spacial score (nSPS) is 18.0. The Morgan fingerprint density at radius 2 is 1.60 bits per heavy atom. The van der Waals surface area contributed by atoms with Crippen LogP contribution in [0.2, 0.25) is 0 Å². The van der Waals surface area contributed by atoms with Crippen LogP contribution in [0.15, 0.2) is 60.2 Å². The lowest BCUT2D eigenvalue weighted by Crippen LogP contribution is -2.30. The van der Waals surface area contributed by atoms with Crippen LogP contribution in [0.4, 0.5) is 4.39 Å². The molecule has 0 saturated carbocycles. The predicted octanol–water partition coefficient (Wildman–Crippen LogP) is 3.89. The third kappa shape index (κ3) is 4.56. The fourth-order valence-corrected chi connectivity index (χ4v) is 3.59. The Labute approximate surface area is 173 Å². The van der Waals surface area contributed by atoms with E-state index < -0.39 is 29.5 Å². The third-order valence-corrected chi connectivity index (χ3v) is 5.06. The number of amides is 1. The molecule has 3 rings (SSSR count). The molecule has 0 aliphatic carbocycles. The first-order valence-corrected chi connectivity index (χ1v) is 9.71. The fraction of sp³-hybridized carbons (Fsp3) is 0.261. The largest absolute Gasteiger partial charge is 0.507 e. The number of aliphatic carboxylic acids is 1. The van der Waals surface area contributed by atoms with Crippen molar-refractivity contribution in [1.82, 2.24) is 4.90 Å². The van der Waals surface area contributed by atoms with Gasteiger partial charge in [-0.05, 0) is 42.7 Å². The predicted molar refractivity (Wildman–Crippen MR) is 108 cm³/mol. The number of benzene rings is 2. The number of aliphatic hydroxyl groups is 1. The Kier molecular flexibility index (Phi) is 6.61. The second-order valence-electron chi connectivity index (χ2n) is 7.11. The van der Waals surface area contributed by atoms with Crippen molar-refractivity contribution in [2.24, 2.45) is 0 Å². The molecule has 1 aliphatic rings. The number of nitrogens with zero attached hydrogens (tertiary/aromatic N) is 1. The summed E-state index contributed by atoms with van der Waals surface area (Å²) >= 11 is 0. The number of carboxylic acids is 1. The number of Topliss-reactive ketones (excluding diaryl/α,β-unsaturated/α-hetero) is 1. The van der Waals surface area contributed by atoms with Crippen LogP contribution in [-0.2, 0) is 14.4 Å². The zero-order valence-electron chi connectivity index (χ0n) is 16.3. The number of carboxylic acid groups (broad SMARTS) is 1. The maximum absolute atomic E-state index is 13.3. The lowest BCUT2D eigenvalue weighted by molar-refractivity contribution is -0.140. The molecule has 1 fully saturated rings. The lowest BCUT2D eigenvalue weighted by Gasteiger charge is -2.25.